The molecule has 1 aliphatic heterocycles. The van der Waals surface area contributed by atoms with Crippen LogP contribution in [0.3, 0.4) is 0 Å². The molecular formula is C17H25NO5S. The van der Waals surface area contributed by atoms with E-state index >= 15 is 0 Å². The van der Waals surface area contributed by atoms with E-state index in [2.05, 4.69) is 0 Å². The fourth-order valence-corrected chi connectivity index (χ4v) is 5.26. The van der Waals surface area contributed by atoms with Gasteiger partial charge in [0.15, 0.2) is 9.84 Å². The van der Waals surface area contributed by atoms with Crippen LogP contribution >= 0.6 is 0 Å². The van der Waals surface area contributed by atoms with Crippen molar-refractivity contribution in [3.05, 3.63) is 29.8 Å². The van der Waals surface area contributed by atoms with Gasteiger partial charge >= 0.3 is 0 Å². The SMILES string of the molecule is CCCCS(=O)(=O)[C@@H]1[C@@H]([C@@H](C)O)C(=O)N1Cc1ccc(OC)cc1. The number of benzene rings is 1. The molecule has 134 valence electrons. The molecule has 0 aromatic heterocycles. The monoisotopic (exact) mass is 355 g/mol. The van der Waals surface area contributed by atoms with Crippen LogP contribution in [0, 0.1) is 5.92 Å². The van der Waals surface area contributed by atoms with Crippen LogP contribution in [0.15, 0.2) is 24.3 Å². The van der Waals surface area contributed by atoms with Crippen molar-refractivity contribution in [2.75, 3.05) is 12.9 Å². The molecule has 1 aromatic rings. The molecular weight excluding hydrogens is 330 g/mol. The summed E-state index contributed by atoms with van der Waals surface area (Å²) in [7, 11) is -1.91. The van der Waals surface area contributed by atoms with Gasteiger partial charge in [-0.25, -0.2) is 8.42 Å². The third-order valence-corrected chi connectivity index (χ3v) is 6.51. The van der Waals surface area contributed by atoms with Crippen LogP contribution in [0.4, 0.5) is 0 Å². The second-order valence-corrected chi connectivity index (χ2v) is 8.41. The summed E-state index contributed by atoms with van der Waals surface area (Å²) in [5.74, 6) is -0.456. The predicted octanol–water partition coefficient (Wildman–Crippen LogP) is 1.58. The molecule has 24 heavy (non-hydrogen) atoms. The van der Waals surface area contributed by atoms with E-state index < -0.39 is 27.2 Å². The molecule has 2 rings (SSSR count). The lowest BCUT2D eigenvalue weighted by Crippen LogP contribution is -2.66. The van der Waals surface area contributed by atoms with Crippen molar-refractivity contribution in [3.63, 3.8) is 0 Å². The quantitative estimate of drug-likeness (QED) is 0.716. The Morgan fingerprint density at radius 2 is 1.92 bits per heavy atom. The Morgan fingerprint density at radius 3 is 2.42 bits per heavy atom. The van der Waals surface area contributed by atoms with Crippen LogP contribution in [0.1, 0.15) is 32.3 Å². The molecule has 0 saturated carbocycles. The zero-order chi connectivity index (χ0) is 17.9. The Balaban J connectivity index is 2.21. The molecule has 7 heteroatoms. The predicted molar refractivity (Wildman–Crippen MR) is 91.2 cm³/mol. The Bertz CT molecular complexity index is 669. The normalized spacial score (nSPS) is 22.2. The van der Waals surface area contributed by atoms with Crippen molar-refractivity contribution in [2.24, 2.45) is 5.92 Å². The summed E-state index contributed by atoms with van der Waals surface area (Å²) < 4.78 is 30.3. The van der Waals surface area contributed by atoms with Crippen molar-refractivity contribution < 1.29 is 23.1 Å². The topological polar surface area (TPSA) is 83.9 Å². The van der Waals surface area contributed by atoms with E-state index in [9.17, 15) is 18.3 Å². The first-order valence-electron chi connectivity index (χ1n) is 8.15. The number of unbranched alkanes of at least 4 members (excludes halogenated alkanes) is 1. The van der Waals surface area contributed by atoms with Crippen molar-refractivity contribution in [2.45, 2.75) is 44.7 Å². The van der Waals surface area contributed by atoms with Crippen LogP contribution in [-0.2, 0) is 21.2 Å². The van der Waals surface area contributed by atoms with Gasteiger partial charge in [-0.1, -0.05) is 25.5 Å². The zero-order valence-electron chi connectivity index (χ0n) is 14.3. The van der Waals surface area contributed by atoms with Gasteiger partial charge < -0.3 is 14.7 Å². The fraction of sp³-hybridized carbons (Fsp3) is 0.588. The van der Waals surface area contributed by atoms with E-state index in [1.54, 1.807) is 31.4 Å². The standard InChI is InChI=1S/C17H25NO5S/c1-4-5-10-24(21,22)17-15(12(2)19)16(20)18(17)11-13-6-8-14(23-3)9-7-13/h6-9,12,15,17,19H,4-5,10-11H2,1-3H3/t12-,15+,17-/m1/s1. The maximum absolute atomic E-state index is 12.6. The summed E-state index contributed by atoms with van der Waals surface area (Å²) in [4.78, 5) is 13.7. The minimum absolute atomic E-state index is 0.0315. The molecule has 1 heterocycles. The molecule has 1 aromatic carbocycles. The fourth-order valence-electron chi connectivity index (χ4n) is 2.97. The first-order chi connectivity index (χ1) is 11.3. The molecule has 1 N–H and O–H groups in total. The second kappa shape index (κ2) is 7.53. The summed E-state index contributed by atoms with van der Waals surface area (Å²) in [5.41, 5.74) is 0.823. The number of aliphatic hydroxyl groups excluding tert-OH is 1. The van der Waals surface area contributed by atoms with Crippen molar-refractivity contribution in [1.82, 2.24) is 4.90 Å². The third-order valence-electron chi connectivity index (χ3n) is 4.36. The summed E-state index contributed by atoms with van der Waals surface area (Å²) in [6.07, 6.45) is 0.333. The van der Waals surface area contributed by atoms with Gasteiger partial charge in [-0.3, -0.25) is 4.79 Å². The number of β-lactam (4-membered cyclic amide) rings is 1. The largest absolute Gasteiger partial charge is 0.497 e. The lowest BCUT2D eigenvalue weighted by Gasteiger charge is -2.47. The molecule has 6 nitrogen and oxygen atoms in total. The minimum Gasteiger partial charge on any atom is -0.497 e. The number of likely N-dealkylation sites (tertiary alicyclic amines) is 1. The van der Waals surface area contributed by atoms with Gasteiger partial charge in [0.2, 0.25) is 5.91 Å². The van der Waals surface area contributed by atoms with E-state index in [0.29, 0.717) is 12.2 Å². The number of sulfone groups is 1. The second-order valence-electron chi connectivity index (χ2n) is 6.19. The Kier molecular flexibility index (Phi) is 5.87. The van der Waals surface area contributed by atoms with Crippen LogP contribution < -0.4 is 4.74 Å². The molecule has 0 unspecified atom stereocenters. The molecule has 3 atom stereocenters. The number of hydrogen-bond donors (Lipinski definition) is 1. The smallest absolute Gasteiger partial charge is 0.232 e. The Labute approximate surface area is 143 Å². The van der Waals surface area contributed by atoms with Crippen LogP contribution in [-0.4, -0.2) is 48.7 Å². The van der Waals surface area contributed by atoms with Crippen molar-refractivity contribution in [1.29, 1.82) is 0 Å². The van der Waals surface area contributed by atoms with Crippen LogP contribution in [0.5, 0.6) is 5.75 Å². The van der Waals surface area contributed by atoms with E-state index in [-0.39, 0.29) is 18.2 Å². The van der Waals surface area contributed by atoms with E-state index in [0.717, 1.165) is 12.0 Å². The highest BCUT2D eigenvalue weighted by Crippen LogP contribution is 2.35. The minimum atomic E-state index is -3.47. The van der Waals surface area contributed by atoms with Gasteiger partial charge in [0.1, 0.15) is 11.1 Å². The number of carbonyl (C=O) groups excluding carboxylic acids is 1. The highest BCUT2D eigenvalue weighted by molar-refractivity contribution is 7.92. The van der Waals surface area contributed by atoms with Crippen molar-refractivity contribution in [3.8, 4) is 5.75 Å². The van der Waals surface area contributed by atoms with Crippen LogP contribution in [0.2, 0.25) is 0 Å². The number of rotatable bonds is 8. The van der Waals surface area contributed by atoms with E-state index in [1.807, 2.05) is 6.92 Å². The number of methoxy groups -OCH3 is 1. The molecule has 1 aliphatic rings. The molecule has 0 radical (unpaired) electrons. The lowest BCUT2D eigenvalue weighted by atomic mass is 9.92. The first-order valence-corrected chi connectivity index (χ1v) is 9.86. The maximum atomic E-state index is 12.6. The van der Waals surface area contributed by atoms with Gasteiger partial charge in [-0.2, -0.15) is 0 Å². The van der Waals surface area contributed by atoms with E-state index in [4.69, 9.17) is 4.74 Å². The van der Waals surface area contributed by atoms with Crippen LogP contribution in [0.25, 0.3) is 0 Å². The number of hydrogen-bond acceptors (Lipinski definition) is 5. The van der Waals surface area contributed by atoms with Gasteiger partial charge in [-0.05, 0) is 31.0 Å². The molecule has 0 bridgehead atoms. The Hall–Kier alpha value is -1.60. The first kappa shape index (κ1) is 18.7. The number of carbonyl (C=O) groups is 1. The molecule has 0 aliphatic carbocycles. The summed E-state index contributed by atoms with van der Waals surface area (Å²) in [6, 6.07) is 7.15. The molecule has 1 fully saturated rings. The highest BCUT2D eigenvalue weighted by atomic mass is 32.2. The highest BCUT2D eigenvalue weighted by Gasteiger charge is 2.55. The van der Waals surface area contributed by atoms with Gasteiger partial charge in [0, 0.05) is 6.54 Å². The maximum Gasteiger partial charge on any atom is 0.232 e. The third kappa shape index (κ3) is 3.72. The van der Waals surface area contributed by atoms with Gasteiger partial charge in [0.05, 0.1) is 24.9 Å². The number of ether oxygens (including phenoxy) is 1. The number of aliphatic hydroxyl groups is 1. The van der Waals surface area contributed by atoms with Gasteiger partial charge in [0.25, 0.3) is 0 Å². The molecule has 0 spiro atoms. The van der Waals surface area contributed by atoms with E-state index in [1.165, 1.54) is 11.8 Å². The summed E-state index contributed by atoms with van der Waals surface area (Å²) in [5, 5.41) is 8.88. The lowest BCUT2D eigenvalue weighted by molar-refractivity contribution is -0.158. The number of amides is 1. The summed E-state index contributed by atoms with van der Waals surface area (Å²) >= 11 is 0. The summed E-state index contributed by atoms with van der Waals surface area (Å²) in [6.45, 7) is 3.60. The molecule has 1 amide bonds. The number of nitrogens with zero attached hydrogens (tertiary/aromatic N) is 1. The zero-order valence-corrected chi connectivity index (χ0v) is 15.1. The Morgan fingerprint density at radius 1 is 1.29 bits per heavy atom. The average molecular weight is 355 g/mol. The average Bonchev–Trinajstić information content (AvgIpc) is 2.55. The van der Waals surface area contributed by atoms with Crippen molar-refractivity contribution >= 4 is 15.7 Å². The van der Waals surface area contributed by atoms with Gasteiger partial charge in [-0.15, -0.1) is 0 Å². The molecule has 1 saturated heterocycles.